The van der Waals surface area contributed by atoms with Crippen LogP contribution in [-0.4, -0.2) is 24.3 Å². The molecule has 0 aliphatic carbocycles. The summed E-state index contributed by atoms with van der Waals surface area (Å²) >= 11 is 0. The van der Waals surface area contributed by atoms with Crippen LogP contribution in [0.2, 0.25) is 0 Å². The number of rotatable bonds is 3. The quantitative estimate of drug-likeness (QED) is 0.698. The Morgan fingerprint density at radius 2 is 2.13 bits per heavy atom. The lowest BCUT2D eigenvalue weighted by molar-refractivity contribution is 0.0645. The normalized spacial score (nSPS) is 23.1. The molecule has 1 aromatic rings. The number of benzene rings is 1. The molecule has 0 aromatic heterocycles. The van der Waals surface area contributed by atoms with Gasteiger partial charge in [0, 0.05) is 6.54 Å². The van der Waals surface area contributed by atoms with Crippen LogP contribution in [0.5, 0.6) is 0 Å². The third kappa shape index (κ3) is 1.77. The summed E-state index contributed by atoms with van der Waals surface area (Å²) in [7, 11) is 0. The zero-order chi connectivity index (χ0) is 10.1. The smallest absolute Gasteiger partial charge is 0.232 e. The van der Waals surface area contributed by atoms with Gasteiger partial charge in [0.1, 0.15) is 6.26 Å². The molecule has 1 atom stereocenters. The van der Waals surface area contributed by atoms with Crippen molar-refractivity contribution in [3.8, 4) is 0 Å². The Balaban J connectivity index is 1.59. The first-order valence-electron chi connectivity index (χ1n) is 5.18. The summed E-state index contributed by atoms with van der Waals surface area (Å²) < 4.78 is 10.3. The topological polar surface area (TPSA) is 21.5 Å². The van der Waals surface area contributed by atoms with Gasteiger partial charge in [-0.1, -0.05) is 30.3 Å². The van der Waals surface area contributed by atoms with Crippen molar-refractivity contribution in [3.63, 3.8) is 0 Å². The van der Waals surface area contributed by atoms with Crippen molar-refractivity contribution in [3.05, 3.63) is 48.0 Å². The minimum absolute atomic E-state index is 0.365. The number of nitrogens with zero attached hydrogens (tertiary/aromatic N) is 1. The summed E-state index contributed by atoms with van der Waals surface area (Å²) in [4.78, 5) is 2.22. The Morgan fingerprint density at radius 1 is 1.27 bits per heavy atom. The average molecular weight is 203 g/mol. The van der Waals surface area contributed by atoms with E-state index in [1.165, 1.54) is 5.56 Å². The first kappa shape index (κ1) is 8.65. The first-order chi connectivity index (χ1) is 7.43. The van der Waals surface area contributed by atoms with E-state index in [1.54, 1.807) is 6.26 Å². The van der Waals surface area contributed by atoms with Gasteiger partial charge in [0.05, 0.1) is 6.04 Å². The van der Waals surface area contributed by atoms with Crippen molar-refractivity contribution < 1.29 is 9.47 Å². The SMILES string of the molecule is C1=C(N2CC2Cc2ccccc2)OCO1. The molecular weight excluding hydrogens is 190 g/mol. The molecule has 2 aliphatic rings. The van der Waals surface area contributed by atoms with Crippen LogP contribution < -0.4 is 0 Å². The van der Waals surface area contributed by atoms with Crippen LogP contribution in [0.25, 0.3) is 0 Å². The molecule has 3 heteroatoms. The lowest BCUT2D eigenvalue weighted by Crippen LogP contribution is -2.04. The second kappa shape index (κ2) is 3.50. The Kier molecular flexibility index (Phi) is 2.02. The summed E-state index contributed by atoms with van der Waals surface area (Å²) in [5.41, 5.74) is 1.38. The maximum Gasteiger partial charge on any atom is 0.232 e. The van der Waals surface area contributed by atoms with Gasteiger partial charge in [0.2, 0.25) is 12.7 Å². The van der Waals surface area contributed by atoms with Crippen molar-refractivity contribution in [2.45, 2.75) is 12.5 Å². The molecule has 3 nitrogen and oxygen atoms in total. The molecule has 78 valence electrons. The van der Waals surface area contributed by atoms with E-state index >= 15 is 0 Å². The van der Waals surface area contributed by atoms with E-state index < -0.39 is 0 Å². The van der Waals surface area contributed by atoms with Crippen LogP contribution >= 0.6 is 0 Å². The standard InChI is InChI=1S/C12H13NO2/c1-2-4-10(5-3-1)6-11-7-13(11)12-8-14-9-15-12/h1-5,8,11H,6-7,9H2. The van der Waals surface area contributed by atoms with E-state index in [4.69, 9.17) is 9.47 Å². The van der Waals surface area contributed by atoms with Crippen molar-refractivity contribution in [1.82, 2.24) is 4.90 Å². The predicted octanol–water partition coefficient (Wildman–Crippen LogP) is 1.72. The van der Waals surface area contributed by atoms with Gasteiger partial charge in [-0.3, -0.25) is 0 Å². The summed E-state index contributed by atoms with van der Waals surface area (Å²) in [6.45, 7) is 1.44. The highest BCUT2D eigenvalue weighted by Gasteiger charge is 2.38. The number of ether oxygens (including phenoxy) is 2. The zero-order valence-electron chi connectivity index (χ0n) is 8.43. The van der Waals surface area contributed by atoms with Gasteiger partial charge >= 0.3 is 0 Å². The molecule has 2 aliphatic heterocycles. The molecule has 15 heavy (non-hydrogen) atoms. The predicted molar refractivity (Wildman–Crippen MR) is 55.8 cm³/mol. The van der Waals surface area contributed by atoms with Crippen LogP contribution in [-0.2, 0) is 15.9 Å². The Hall–Kier alpha value is -1.64. The third-order valence-electron chi connectivity index (χ3n) is 2.77. The molecule has 1 saturated heterocycles. The van der Waals surface area contributed by atoms with E-state index in [9.17, 15) is 0 Å². The summed E-state index contributed by atoms with van der Waals surface area (Å²) in [5, 5.41) is 0. The number of hydrogen-bond donors (Lipinski definition) is 0. The van der Waals surface area contributed by atoms with Crippen LogP contribution in [0.3, 0.4) is 0 Å². The second-order valence-corrected chi connectivity index (χ2v) is 3.88. The highest BCUT2D eigenvalue weighted by Crippen LogP contribution is 2.29. The molecule has 2 heterocycles. The van der Waals surface area contributed by atoms with Gasteiger partial charge in [-0.15, -0.1) is 0 Å². The van der Waals surface area contributed by atoms with Gasteiger partial charge < -0.3 is 14.4 Å². The molecular formula is C12H13NO2. The fourth-order valence-electron chi connectivity index (χ4n) is 1.90. The van der Waals surface area contributed by atoms with E-state index in [0.717, 1.165) is 18.8 Å². The lowest BCUT2D eigenvalue weighted by atomic mass is 10.1. The molecule has 1 aromatic carbocycles. The fraction of sp³-hybridized carbons (Fsp3) is 0.333. The molecule has 1 fully saturated rings. The van der Waals surface area contributed by atoms with Gasteiger partial charge in [-0.25, -0.2) is 0 Å². The summed E-state index contributed by atoms with van der Waals surface area (Å²) in [6.07, 6.45) is 2.78. The molecule has 0 amide bonds. The molecule has 0 bridgehead atoms. The van der Waals surface area contributed by atoms with Gasteiger partial charge in [-0.05, 0) is 12.0 Å². The maximum atomic E-state index is 5.31. The zero-order valence-corrected chi connectivity index (χ0v) is 8.43. The minimum atomic E-state index is 0.365. The van der Waals surface area contributed by atoms with E-state index in [0.29, 0.717) is 12.8 Å². The lowest BCUT2D eigenvalue weighted by Gasteiger charge is -2.04. The van der Waals surface area contributed by atoms with Crippen molar-refractivity contribution >= 4 is 0 Å². The first-order valence-corrected chi connectivity index (χ1v) is 5.18. The average Bonchev–Trinajstić information content (AvgIpc) is 2.82. The number of hydrogen-bond acceptors (Lipinski definition) is 3. The maximum absolute atomic E-state index is 5.31. The van der Waals surface area contributed by atoms with Crippen molar-refractivity contribution in [1.29, 1.82) is 0 Å². The van der Waals surface area contributed by atoms with E-state index in [-0.39, 0.29) is 0 Å². The van der Waals surface area contributed by atoms with E-state index in [2.05, 4.69) is 29.2 Å². The van der Waals surface area contributed by atoms with Gasteiger partial charge in [0.15, 0.2) is 0 Å². The van der Waals surface area contributed by atoms with Gasteiger partial charge in [-0.2, -0.15) is 0 Å². The molecule has 1 unspecified atom stereocenters. The van der Waals surface area contributed by atoms with Crippen molar-refractivity contribution in [2.75, 3.05) is 13.3 Å². The second-order valence-electron chi connectivity index (χ2n) is 3.88. The Labute approximate surface area is 88.9 Å². The van der Waals surface area contributed by atoms with Crippen LogP contribution in [0.1, 0.15) is 5.56 Å². The highest BCUT2D eigenvalue weighted by molar-refractivity contribution is 5.19. The molecule has 0 saturated carbocycles. The molecule has 3 rings (SSSR count). The summed E-state index contributed by atoms with van der Waals surface area (Å²) in [6, 6.07) is 11.1. The van der Waals surface area contributed by atoms with Gasteiger partial charge in [0.25, 0.3) is 0 Å². The molecule has 0 N–H and O–H groups in total. The fourth-order valence-corrected chi connectivity index (χ4v) is 1.90. The largest absolute Gasteiger partial charge is 0.459 e. The monoisotopic (exact) mass is 203 g/mol. The van der Waals surface area contributed by atoms with E-state index in [1.807, 2.05) is 6.07 Å². The molecule has 0 spiro atoms. The van der Waals surface area contributed by atoms with Crippen LogP contribution in [0.4, 0.5) is 0 Å². The molecule has 0 radical (unpaired) electrons. The minimum Gasteiger partial charge on any atom is -0.459 e. The third-order valence-corrected chi connectivity index (χ3v) is 2.77. The van der Waals surface area contributed by atoms with Crippen LogP contribution in [0.15, 0.2) is 42.5 Å². The Bertz CT molecular complexity index is 374. The highest BCUT2D eigenvalue weighted by atomic mass is 16.7. The van der Waals surface area contributed by atoms with Crippen LogP contribution in [0, 0.1) is 0 Å². The Morgan fingerprint density at radius 3 is 2.87 bits per heavy atom. The van der Waals surface area contributed by atoms with Crippen molar-refractivity contribution in [2.24, 2.45) is 0 Å². The summed E-state index contributed by atoms with van der Waals surface area (Å²) in [5.74, 6) is 0.885.